The fraction of sp³-hybridized carbons (Fsp3) is 0.581. The monoisotopic (exact) mass is 536 g/mol. The van der Waals surface area contributed by atoms with Crippen molar-refractivity contribution in [2.75, 3.05) is 46.4 Å². The number of fused-ring (bicyclic) bond motifs is 4. The van der Waals surface area contributed by atoms with Crippen molar-refractivity contribution in [3.8, 4) is 16.9 Å². The largest absolute Gasteiger partial charge is 0.493 e. The maximum atomic E-state index is 13.6. The first-order valence-corrected chi connectivity index (χ1v) is 14.3. The minimum absolute atomic E-state index is 0.0614. The van der Waals surface area contributed by atoms with Gasteiger partial charge in [0.15, 0.2) is 0 Å². The molecule has 0 unspecified atom stereocenters. The minimum atomic E-state index is -0.515. The van der Waals surface area contributed by atoms with Crippen molar-refractivity contribution in [2.24, 2.45) is 5.41 Å². The molecule has 2 aliphatic rings. The molecule has 39 heavy (non-hydrogen) atoms. The number of piperidine rings is 1. The summed E-state index contributed by atoms with van der Waals surface area (Å²) in [6.45, 7) is 10.1. The third-order valence-corrected chi connectivity index (χ3v) is 7.64. The Morgan fingerprint density at radius 2 is 1.79 bits per heavy atom. The molecule has 3 heterocycles. The number of carbonyl (C=O) groups excluding carboxylic acids is 2. The maximum absolute atomic E-state index is 13.6. The van der Waals surface area contributed by atoms with E-state index in [0.29, 0.717) is 31.9 Å². The molecule has 1 aromatic carbocycles. The summed E-state index contributed by atoms with van der Waals surface area (Å²) >= 11 is 0. The van der Waals surface area contributed by atoms with E-state index in [9.17, 15) is 9.59 Å². The number of carbonyl (C=O) groups is 2. The molecule has 0 saturated carbocycles. The number of pyridine rings is 1. The van der Waals surface area contributed by atoms with Crippen molar-refractivity contribution in [3.63, 3.8) is 0 Å². The molecule has 0 atom stereocenters. The molecule has 1 aromatic heterocycles. The number of rotatable bonds is 0. The quantitative estimate of drug-likeness (QED) is 0.487. The smallest absolute Gasteiger partial charge is 0.410 e. The molecule has 1 spiro atoms. The van der Waals surface area contributed by atoms with E-state index < -0.39 is 5.60 Å². The second-order valence-corrected chi connectivity index (χ2v) is 12.0. The van der Waals surface area contributed by atoms with E-state index in [4.69, 9.17) is 9.47 Å². The predicted octanol–water partition coefficient (Wildman–Crippen LogP) is 5.38. The number of benzene rings is 1. The maximum Gasteiger partial charge on any atom is 0.410 e. The van der Waals surface area contributed by atoms with E-state index in [0.717, 1.165) is 68.5 Å². The van der Waals surface area contributed by atoms with Crippen LogP contribution in [0.3, 0.4) is 0 Å². The van der Waals surface area contributed by atoms with Gasteiger partial charge in [-0.2, -0.15) is 0 Å². The zero-order chi connectivity index (χ0) is 27.9. The Bertz CT molecular complexity index is 1120. The Kier molecular flexibility index (Phi) is 9.49. The fourth-order valence-electron chi connectivity index (χ4n) is 5.54. The number of ether oxygens (including phenoxy) is 2. The minimum Gasteiger partial charge on any atom is -0.493 e. The lowest BCUT2D eigenvalue weighted by molar-refractivity contribution is 0.00376. The Morgan fingerprint density at radius 1 is 1.05 bits per heavy atom. The van der Waals surface area contributed by atoms with E-state index in [1.807, 2.05) is 74.0 Å². The lowest BCUT2D eigenvalue weighted by Crippen LogP contribution is -2.49. The summed E-state index contributed by atoms with van der Waals surface area (Å²) in [7, 11) is 1.87. The molecular formula is C31H44N4O4. The number of hydrogen-bond donors (Lipinski definition) is 1. The number of aromatic nitrogens is 1. The second kappa shape index (κ2) is 12.8. The van der Waals surface area contributed by atoms with E-state index in [1.54, 1.807) is 6.20 Å². The van der Waals surface area contributed by atoms with Crippen LogP contribution in [-0.4, -0.2) is 78.8 Å². The molecule has 1 saturated heterocycles. The molecule has 8 nitrogen and oxygen atoms in total. The topological polar surface area (TPSA) is 84.0 Å². The van der Waals surface area contributed by atoms with Crippen molar-refractivity contribution in [2.45, 2.75) is 64.9 Å². The van der Waals surface area contributed by atoms with Gasteiger partial charge in [-0.05, 0) is 102 Å². The summed E-state index contributed by atoms with van der Waals surface area (Å²) in [5, 5.41) is 3.58. The van der Waals surface area contributed by atoms with Crippen molar-refractivity contribution < 1.29 is 19.1 Å². The van der Waals surface area contributed by atoms with E-state index in [2.05, 4.69) is 10.3 Å². The third kappa shape index (κ3) is 7.94. The van der Waals surface area contributed by atoms with Crippen LogP contribution in [0.1, 0.15) is 69.8 Å². The van der Waals surface area contributed by atoms with Crippen LogP contribution < -0.4 is 10.1 Å². The van der Waals surface area contributed by atoms with Crippen LogP contribution in [0.25, 0.3) is 11.1 Å². The van der Waals surface area contributed by atoms with Gasteiger partial charge in [-0.3, -0.25) is 9.78 Å². The normalized spacial score (nSPS) is 19.4. The fourth-order valence-corrected chi connectivity index (χ4v) is 5.54. The average Bonchev–Trinajstić information content (AvgIpc) is 2.91. The molecule has 2 bridgehead atoms. The zero-order valence-corrected chi connectivity index (χ0v) is 24.0. The molecule has 1 fully saturated rings. The Labute approximate surface area is 233 Å². The number of amides is 2. The van der Waals surface area contributed by atoms with E-state index in [1.165, 1.54) is 0 Å². The van der Waals surface area contributed by atoms with Gasteiger partial charge in [-0.15, -0.1) is 0 Å². The van der Waals surface area contributed by atoms with Crippen molar-refractivity contribution in [1.29, 1.82) is 0 Å². The predicted molar refractivity (Wildman–Crippen MR) is 153 cm³/mol. The molecule has 2 aromatic rings. The highest BCUT2D eigenvalue weighted by molar-refractivity contribution is 5.93. The Hall–Kier alpha value is -3.13. The van der Waals surface area contributed by atoms with Gasteiger partial charge in [0.05, 0.1) is 6.61 Å². The van der Waals surface area contributed by atoms with Gasteiger partial charge in [0.1, 0.15) is 17.0 Å². The lowest BCUT2D eigenvalue weighted by Gasteiger charge is -2.44. The standard InChI is InChI=1S/C31H44N4O4/c1-30(2,3)39-29(37)35-19-14-31(15-20-35)13-9-17-32-16-7-8-21-38-27-11-6-5-10-25(27)24-12-18-33-26(22-24)28(36)34(4)23-31/h5-6,10-12,18,22,32H,7-9,13-17,19-21,23H2,1-4H3. The van der Waals surface area contributed by atoms with Gasteiger partial charge in [0.25, 0.3) is 5.91 Å². The summed E-state index contributed by atoms with van der Waals surface area (Å²) in [5.74, 6) is 0.726. The number of nitrogens with zero attached hydrogens (tertiary/aromatic N) is 3. The third-order valence-electron chi connectivity index (χ3n) is 7.64. The summed E-state index contributed by atoms with van der Waals surface area (Å²) in [6, 6.07) is 11.8. The van der Waals surface area contributed by atoms with Gasteiger partial charge in [0, 0.05) is 38.4 Å². The molecular weight excluding hydrogens is 492 g/mol. The lowest BCUT2D eigenvalue weighted by atomic mass is 9.74. The van der Waals surface area contributed by atoms with Crippen molar-refractivity contribution in [3.05, 3.63) is 48.3 Å². The van der Waals surface area contributed by atoms with Gasteiger partial charge in [-0.25, -0.2) is 4.79 Å². The number of likely N-dealkylation sites (tertiary alicyclic amines) is 1. The molecule has 0 aliphatic carbocycles. The molecule has 2 aliphatic heterocycles. The Balaban J connectivity index is 1.54. The number of hydrogen-bond acceptors (Lipinski definition) is 6. The van der Waals surface area contributed by atoms with Gasteiger partial charge < -0.3 is 24.6 Å². The van der Waals surface area contributed by atoms with Crippen LogP contribution in [-0.2, 0) is 4.74 Å². The van der Waals surface area contributed by atoms with Gasteiger partial charge in [-0.1, -0.05) is 18.2 Å². The van der Waals surface area contributed by atoms with Gasteiger partial charge in [0.2, 0.25) is 0 Å². The highest BCUT2D eigenvalue weighted by Crippen LogP contribution is 2.38. The number of nitrogens with one attached hydrogen (secondary N) is 1. The summed E-state index contributed by atoms with van der Waals surface area (Å²) in [4.78, 5) is 34.4. The van der Waals surface area contributed by atoms with Crippen molar-refractivity contribution >= 4 is 12.0 Å². The first kappa shape index (κ1) is 28.9. The first-order valence-electron chi connectivity index (χ1n) is 14.3. The van der Waals surface area contributed by atoms with Crippen LogP contribution in [0.4, 0.5) is 4.79 Å². The van der Waals surface area contributed by atoms with E-state index >= 15 is 0 Å². The van der Waals surface area contributed by atoms with Crippen LogP contribution in [0.2, 0.25) is 0 Å². The average molecular weight is 537 g/mol. The van der Waals surface area contributed by atoms with E-state index in [-0.39, 0.29) is 17.4 Å². The van der Waals surface area contributed by atoms with Crippen LogP contribution in [0, 0.1) is 5.41 Å². The highest BCUT2D eigenvalue weighted by Gasteiger charge is 2.38. The molecule has 0 radical (unpaired) electrons. The SMILES string of the molecule is CN1CC2(CCCNCCCCOc3ccccc3-c3ccnc(c3)C1=O)CCN(C(=O)OC(C)(C)C)CC2. The second-order valence-electron chi connectivity index (χ2n) is 12.0. The first-order chi connectivity index (χ1) is 18.7. The highest BCUT2D eigenvalue weighted by atomic mass is 16.6. The van der Waals surface area contributed by atoms with Crippen LogP contribution in [0.15, 0.2) is 42.6 Å². The van der Waals surface area contributed by atoms with Crippen molar-refractivity contribution in [1.82, 2.24) is 20.1 Å². The van der Waals surface area contributed by atoms with Crippen LogP contribution >= 0.6 is 0 Å². The Morgan fingerprint density at radius 3 is 2.56 bits per heavy atom. The molecule has 1 N–H and O–H groups in total. The molecule has 8 heteroatoms. The molecule has 4 rings (SSSR count). The summed E-state index contributed by atoms with van der Waals surface area (Å²) in [5.41, 5.74) is 1.73. The number of para-hydroxylation sites is 1. The zero-order valence-electron chi connectivity index (χ0n) is 24.0. The summed E-state index contributed by atoms with van der Waals surface area (Å²) in [6.07, 6.45) is 7.14. The molecule has 2 amide bonds. The molecule has 212 valence electrons. The summed E-state index contributed by atoms with van der Waals surface area (Å²) < 4.78 is 11.7. The van der Waals surface area contributed by atoms with Crippen LogP contribution in [0.5, 0.6) is 5.75 Å². The van der Waals surface area contributed by atoms with Gasteiger partial charge >= 0.3 is 6.09 Å².